The maximum absolute atomic E-state index is 12.5. The van der Waals surface area contributed by atoms with Crippen molar-refractivity contribution in [1.82, 2.24) is 15.6 Å². The molecule has 0 spiro atoms. The zero-order valence-electron chi connectivity index (χ0n) is 16.3. The molecular weight excluding hydrogens is 402 g/mol. The minimum Gasteiger partial charge on any atom is -0.497 e. The summed E-state index contributed by atoms with van der Waals surface area (Å²) in [6, 6.07) is 16.1. The molecule has 0 bridgehead atoms. The van der Waals surface area contributed by atoms with E-state index in [1.54, 1.807) is 37.4 Å². The Hall–Kier alpha value is -3.85. The van der Waals surface area contributed by atoms with E-state index in [4.69, 9.17) is 4.74 Å². The van der Waals surface area contributed by atoms with Gasteiger partial charge in [0.25, 0.3) is 11.8 Å². The number of thiophene rings is 1. The van der Waals surface area contributed by atoms with Crippen LogP contribution >= 0.6 is 11.3 Å². The van der Waals surface area contributed by atoms with Crippen LogP contribution in [-0.4, -0.2) is 29.1 Å². The Bertz CT molecular complexity index is 1210. The number of aromatic amines is 1. The molecule has 9 heteroatoms. The summed E-state index contributed by atoms with van der Waals surface area (Å²) in [4.78, 5) is 26.1. The van der Waals surface area contributed by atoms with Gasteiger partial charge in [-0.1, -0.05) is 18.2 Å². The minimum absolute atomic E-state index is 0.284. The largest absolute Gasteiger partial charge is 0.497 e. The maximum atomic E-state index is 12.5. The van der Waals surface area contributed by atoms with E-state index in [1.807, 2.05) is 31.2 Å². The fourth-order valence-corrected chi connectivity index (χ4v) is 3.74. The third kappa shape index (κ3) is 3.96. The van der Waals surface area contributed by atoms with Gasteiger partial charge in [0.1, 0.15) is 16.4 Å². The molecule has 0 saturated carbocycles. The second-order valence-corrected chi connectivity index (χ2v) is 7.54. The zero-order valence-corrected chi connectivity index (χ0v) is 17.1. The van der Waals surface area contributed by atoms with E-state index in [-0.39, 0.29) is 11.8 Å². The number of anilines is 2. The number of amides is 2. The van der Waals surface area contributed by atoms with Gasteiger partial charge < -0.3 is 10.1 Å². The first-order chi connectivity index (χ1) is 14.5. The summed E-state index contributed by atoms with van der Waals surface area (Å²) in [5.41, 5.74) is 7.93. The van der Waals surface area contributed by atoms with Crippen LogP contribution in [0.4, 0.5) is 11.5 Å². The molecule has 0 unspecified atom stereocenters. The summed E-state index contributed by atoms with van der Waals surface area (Å²) in [6.45, 7) is 1.95. The van der Waals surface area contributed by atoms with Gasteiger partial charge in [-0.2, -0.15) is 5.10 Å². The van der Waals surface area contributed by atoms with E-state index in [9.17, 15) is 9.59 Å². The molecule has 0 aliphatic rings. The number of ether oxygens (including phenoxy) is 1. The Morgan fingerprint density at radius 1 is 1.07 bits per heavy atom. The van der Waals surface area contributed by atoms with Crippen molar-refractivity contribution in [2.45, 2.75) is 6.92 Å². The highest BCUT2D eigenvalue weighted by atomic mass is 32.1. The van der Waals surface area contributed by atoms with Crippen LogP contribution in [0.1, 0.15) is 25.6 Å². The summed E-state index contributed by atoms with van der Waals surface area (Å²) in [6.07, 6.45) is 0. The highest BCUT2D eigenvalue weighted by molar-refractivity contribution is 7.20. The number of H-pyrrole nitrogens is 1. The average molecular weight is 421 g/mol. The van der Waals surface area contributed by atoms with Crippen LogP contribution in [-0.2, 0) is 0 Å². The van der Waals surface area contributed by atoms with E-state index >= 15 is 0 Å². The number of nitrogens with zero attached hydrogens (tertiary/aromatic N) is 1. The lowest BCUT2D eigenvalue weighted by atomic mass is 10.2. The smallest absolute Gasteiger partial charge is 0.279 e. The molecule has 2 heterocycles. The van der Waals surface area contributed by atoms with Crippen LogP contribution in [0.3, 0.4) is 0 Å². The number of para-hydroxylation sites is 1. The molecule has 2 aromatic heterocycles. The number of carbonyl (C=O) groups excluding carboxylic acids is 2. The number of aromatic nitrogens is 2. The van der Waals surface area contributed by atoms with Crippen LogP contribution in [0.25, 0.3) is 10.2 Å². The summed E-state index contributed by atoms with van der Waals surface area (Å²) < 4.78 is 5.10. The van der Waals surface area contributed by atoms with E-state index in [0.29, 0.717) is 32.2 Å². The molecule has 152 valence electrons. The van der Waals surface area contributed by atoms with Gasteiger partial charge in [-0.25, -0.2) is 0 Å². The lowest BCUT2D eigenvalue weighted by Crippen LogP contribution is -2.28. The molecule has 8 nitrogen and oxygen atoms in total. The van der Waals surface area contributed by atoms with Gasteiger partial charge in [0.15, 0.2) is 0 Å². The number of benzene rings is 2. The molecule has 2 aromatic carbocycles. The van der Waals surface area contributed by atoms with Crippen LogP contribution < -0.4 is 20.9 Å². The molecule has 4 N–H and O–H groups in total. The quantitative estimate of drug-likeness (QED) is 0.353. The Kier molecular flexibility index (Phi) is 5.36. The Morgan fingerprint density at radius 3 is 2.57 bits per heavy atom. The number of methoxy groups -OCH3 is 1. The Morgan fingerprint density at radius 2 is 1.83 bits per heavy atom. The van der Waals surface area contributed by atoms with E-state index in [1.165, 1.54) is 11.3 Å². The fourth-order valence-electron chi connectivity index (χ4n) is 2.84. The molecule has 0 fully saturated rings. The second kappa shape index (κ2) is 8.26. The standard InChI is InChI=1S/C21H19N5O3S/c1-12-5-3-4-6-16(12)23-25-20(28)17-11-15-18(24-26-21(15)30-17)22-19(27)13-7-9-14(29-2)10-8-13/h3-11,23H,1-2H3,(H,25,28)(H2,22,24,26,27). The number of fused-ring (bicyclic) bond motifs is 1. The topological polar surface area (TPSA) is 108 Å². The highest BCUT2D eigenvalue weighted by Crippen LogP contribution is 2.29. The van der Waals surface area contributed by atoms with E-state index in [0.717, 1.165) is 11.3 Å². The molecule has 4 rings (SSSR count). The van der Waals surface area contributed by atoms with Gasteiger partial charge in [-0.3, -0.25) is 25.5 Å². The van der Waals surface area contributed by atoms with E-state index < -0.39 is 0 Å². The normalized spacial score (nSPS) is 10.6. The first kappa shape index (κ1) is 19.5. The Balaban J connectivity index is 1.47. The summed E-state index contributed by atoms with van der Waals surface area (Å²) in [5, 5.41) is 10.5. The minimum atomic E-state index is -0.290. The number of hydrogen-bond acceptors (Lipinski definition) is 6. The summed E-state index contributed by atoms with van der Waals surface area (Å²) >= 11 is 1.23. The maximum Gasteiger partial charge on any atom is 0.279 e. The van der Waals surface area contributed by atoms with Crippen molar-refractivity contribution in [1.29, 1.82) is 0 Å². The Labute approximate surface area is 176 Å². The summed E-state index contributed by atoms with van der Waals surface area (Å²) in [5.74, 6) is 0.534. The molecule has 0 aliphatic heterocycles. The molecular formula is C21H19N5O3S. The van der Waals surface area contributed by atoms with Crippen molar-refractivity contribution < 1.29 is 14.3 Å². The van der Waals surface area contributed by atoms with E-state index in [2.05, 4.69) is 26.4 Å². The van der Waals surface area contributed by atoms with Crippen molar-refractivity contribution in [3.63, 3.8) is 0 Å². The number of carbonyl (C=O) groups is 2. The van der Waals surface area contributed by atoms with Crippen LogP contribution in [0.2, 0.25) is 0 Å². The number of hydrogen-bond donors (Lipinski definition) is 4. The van der Waals surface area contributed by atoms with Crippen molar-refractivity contribution in [2.75, 3.05) is 17.9 Å². The molecule has 4 aromatic rings. The molecule has 2 amide bonds. The first-order valence-electron chi connectivity index (χ1n) is 9.10. The molecule has 30 heavy (non-hydrogen) atoms. The van der Waals surface area contributed by atoms with Gasteiger partial charge in [0.2, 0.25) is 0 Å². The van der Waals surface area contributed by atoms with Gasteiger partial charge in [-0.05, 0) is 48.9 Å². The van der Waals surface area contributed by atoms with Crippen molar-refractivity contribution in [2.24, 2.45) is 0 Å². The predicted molar refractivity (Wildman–Crippen MR) is 117 cm³/mol. The summed E-state index contributed by atoms with van der Waals surface area (Å²) in [7, 11) is 1.57. The van der Waals surface area contributed by atoms with Gasteiger partial charge >= 0.3 is 0 Å². The predicted octanol–water partition coefficient (Wildman–Crippen LogP) is 3.95. The van der Waals surface area contributed by atoms with Crippen LogP contribution in [0.15, 0.2) is 54.6 Å². The average Bonchev–Trinajstić information content (AvgIpc) is 3.35. The SMILES string of the molecule is COc1ccc(C(=O)Nc2[nH]nc3sc(C(=O)NNc4ccccc4C)cc23)cc1. The molecule has 0 aliphatic carbocycles. The lowest BCUT2D eigenvalue weighted by Gasteiger charge is -2.09. The number of nitrogens with one attached hydrogen (secondary N) is 4. The van der Waals surface area contributed by atoms with Crippen LogP contribution in [0.5, 0.6) is 5.75 Å². The van der Waals surface area contributed by atoms with Crippen LogP contribution in [0, 0.1) is 6.92 Å². The monoisotopic (exact) mass is 421 g/mol. The first-order valence-corrected chi connectivity index (χ1v) is 9.92. The molecule has 0 saturated heterocycles. The molecule has 0 atom stereocenters. The molecule has 0 radical (unpaired) electrons. The number of rotatable bonds is 6. The van der Waals surface area contributed by atoms with Crippen molar-refractivity contribution in [3.8, 4) is 5.75 Å². The fraction of sp³-hybridized carbons (Fsp3) is 0.0952. The van der Waals surface area contributed by atoms with Gasteiger partial charge in [0.05, 0.1) is 23.1 Å². The zero-order chi connectivity index (χ0) is 21.1. The van der Waals surface area contributed by atoms with Crippen molar-refractivity contribution >= 4 is 44.9 Å². The van der Waals surface area contributed by atoms with Gasteiger partial charge in [0, 0.05) is 5.56 Å². The highest BCUT2D eigenvalue weighted by Gasteiger charge is 2.17. The lowest BCUT2D eigenvalue weighted by molar-refractivity contribution is 0.0965. The third-order valence-corrected chi connectivity index (χ3v) is 5.55. The third-order valence-electron chi connectivity index (χ3n) is 4.52. The van der Waals surface area contributed by atoms with Gasteiger partial charge in [-0.15, -0.1) is 11.3 Å². The number of hydrazine groups is 1. The second-order valence-electron chi connectivity index (χ2n) is 6.50. The number of aryl methyl sites for hydroxylation is 1. The van der Waals surface area contributed by atoms with Crippen molar-refractivity contribution in [3.05, 3.63) is 70.6 Å².